The third kappa shape index (κ3) is 6.39. The summed E-state index contributed by atoms with van der Waals surface area (Å²) in [7, 11) is 1.99. The Balaban J connectivity index is 2.09. The van der Waals surface area contributed by atoms with E-state index in [1.54, 1.807) is 6.07 Å². The number of halogens is 2. The summed E-state index contributed by atoms with van der Waals surface area (Å²) in [5.74, 6) is -0.242. The van der Waals surface area contributed by atoms with E-state index in [9.17, 15) is 4.79 Å². The summed E-state index contributed by atoms with van der Waals surface area (Å²) in [6.07, 6.45) is 2.75. The van der Waals surface area contributed by atoms with Crippen LogP contribution in [0.1, 0.15) is 18.1 Å². The maximum atomic E-state index is 12.3. The number of likely N-dealkylation sites (N-methyl/N-ethyl adjacent to an activating group) is 1. The lowest BCUT2D eigenvalue weighted by Gasteiger charge is -2.38. The quantitative estimate of drug-likeness (QED) is 0.424. The van der Waals surface area contributed by atoms with E-state index in [1.165, 1.54) is 0 Å². The number of ether oxygens (including phenoxy) is 1. The molecule has 0 heterocycles. The normalized spacial score (nSPS) is 13.2. The molecule has 0 unspecified atom stereocenters. The van der Waals surface area contributed by atoms with Gasteiger partial charge < -0.3 is 4.74 Å². The summed E-state index contributed by atoms with van der Waals surface area (Å²) in [6.45, 7) is 6.82. The largest absolute Gasteiger partial charge is 0.463 e. The van der Waals surface area contributed by atoms with Gasteiger partial charge in [-0.15, -0.1) is 6.58 Å². The van der Waals surface area contributed by atoms with Crippen molar-refractivity contribution in [3.05, 3.63) is 82.4 Å². The molecule has 0 aliphatic carbocycles. The first kappa shape index (κ1) is 21.5. The van der Waals surface area contributed by atoms with Crippen LogP contribution in [0.3, 0.4) is 0 Å². The Morgan fingerprint density at radius 3 is 2.48 bits per heavy atom. The fraction of sp³-hybridized carbons (Fsp3) is 0.318. The predicted octanol–water partition coefficient (Wildman–Crippen LogP) is 5.20. The smallest absolute Gasteiger partial charge is 0.310 e. The van der Waals surface area contributed by atoms with E-state index in [0.29, 0.717) is 23.0 Å². The van der Waals surface area contributed by atoms with Crippen molar-refractivity contribution < 1.29 is 9.53 Å². The molecule has 1 atom stereocenters. The number of rotatable bonds is 9. The van der Waals surface area contributed by atoms with Crippen LogP contribution in [0, 0.1) is 0 Å². The molecule has 27 heavy (non-hydrogen) atoms. The Kier molecular flexibility index (Phi) is 7.91. The van der Waals surface area contributed by atoms with Crippen molar-refractivity contribution in [3.8, 4) is 0 Å². The van der Waals surface area contributed by atoms with E-state index >= 15 is 0 Å². The molecule has 0 aliphatic rings. The maximum Gasteiger partial charge on any atom is 0.310 e. The molecule has 0 aliphatic heterocycles. The summed E-state index contributed by atoms with van der Waals surface area (Å²) >= 11 is 12.2. The number of nitrogens with zero attached hydrogens (tertiary/aromatic N) is 1. The molecule has 0 fully saturated rings. The first-order valence-corrected chi connectivity index (χ1v) is 9.55. The third-order valence-corrected chi connectivity index (χ3v) is 5.37. The number of carbonyl (C=O) groups excluding carboxylic acids is 1. The highest BCUT2D eigenvalue weighted by molar-refractivity contribution is 6.42. The van der Waals surface area contributed by atoms with Crippen LogP contribution >= 0.6 is 23.2 Å². The Bertz CT molecular complexity index is 779. The predicted molar refractivity (Wildman–Crippen MR) is 113 cm³/mol. The van der Waals surface area contributed by atoms with E-state index in [1.807, 2.05) is 55.6 Å². The van der Waals surface area contributed by atoms with E-state index < -0.39 is 5.54 Å². The number of esters is 1. The second-order valence-corrected chi connectivity index (χ2v) is 7.73. The molecule has 144 valence electrons. The van der Waals surface area contributed by atoms with Gasteiger partial charge in [-0.25, -0.2) is 0 Å². The lowest BCUT2D eigenvalue weighted by Crippen LogP contribution is -2.50. The zero-order chi connectivity index (χ0) is 19.9. The molecule has 0 N–H and O–H groups in total. The molecule has 0 aromatic heterocycles. The standard InChI is InChI=1S/C22H25Cl2NO2/c1-4-12-25(3)22(2,15-18-10-11-19(23)20(24)13-18)16-27-21(26)14-17-8-6-5-7-9-17/h4-11,13H,1,12,14-16H2,2-3H3/t22-/m0/s1. The van der Waals surface area contributed by atoms with Gasteiger partial charge in [-0.1, -0.05) is 65.7 Å². The van der Waals surface area contributed by atoms with E-state index in [0.717, 1.165) is 11.1 Å². The fourth-order valence-corrected chi connectivity index (χ4v) is 3.17. The number of hydrogen-bond donors (Lipinski definition) is 0. The molecule has 0 amide bonds. The molecular weight excluding hydrogens is 381 g/mol. The Morgan fingerprint density at radius 1 is 1.15 bits per heavy atom. The van der Waals surface area contributed by atoms with Crippen LogP contribution in [0.25, 0.3) is 0 Å². The van der Waals surface area contributed by atoms with Gasteiger partial charge in [-0.2, -0.15) is 0 Å². The lowest BCUT2D eigenvalue weighted by molar-refractivity contribution is -0.146. The van der Waals surface area contributed by atoms with Crippen LogP contribution in [0.2, 0.25) is 10.0 Å². The summed E-state index contributed by atoms with van der Waals surface area (Å²) < 4.78 is 5.63. The van der Waals surface area contributed by atoms with Crippen molar-refractivity contribution >= 4 is 29.2 Å². The minimum absolute atomic E-state index is 0.242. The van der Waals surface area contributed by atoms with E-state index in [-0.39, 0.29) is 19.0 Å². The van der Waals surface area contributed by atoms with Crippen molar-refractivity contribution in [3.63, 3.8) is 0 Å². The van der Waals surface area contributed by atoms with Gasteiger partial charge in [0, 0.05) is 6.54 Å². The first-order chi connectivity index (χ1) is 12.8. The highest BCUT2D eigenvalue weighted by atomic mass is 35.5. The SMILES string of the molecule is C=CCN(C)[C@](C)(COC(=O)Cc1ccccc1)Cc1ccc(Cl)c(Cl)c1. The van der Waals surface area contributed by atoms with Gasteiger partial charge >= 0.3 is 5.97 Å². The van der Waals surface area contributed by atoms with Gasteiger partial charge in [-0.05, 0) is 43.7 Å². The minimum Gasteiger partial charge on any atom is -0.463 e. The van der Waals surface area contributed by atoms with Gasteiger partial charge in [0.25, 0.3) is 0 Å². The molecule has 2 rings (SSSR count). The molecule has 0 radical (unpaired) electrons. The van der Waals surface area contributed by atoms with Crippen molar-refractivity contribution in [2.24, 2.45) is 0 Å². The number of benzene rings is 2. The van der Waals surface area contributed by atoms with Gasteiger partial charge in [0.1, 0.15) is 6.61 Å². The summed E-state index contributed by atoms with van der Waals surface area (Å²) in [5.41, 5.74) is 1.56. The zero-order valence-corrected chi connectivity index (χ0v) is 17.3. The average molecular weight is 406 g/mol. The third-order valence-electron chi connectivity index (χ3n) is 4.63. The van der Waals surface area contributed by atoms with Crippen molar-refractivity contribution in [2.45, 2.75) is 25.3 Å². The van der Waals surface area contributed by atoms with Crippen LogP contribution in [-0.4, -0.2) is 36.6 Å². The topological polar surface area (TPSA) is 29.5 Å². The minimum atomic E-state index is -0.405. The Hall–Kier alpha value is -1.81. The van der Waals surface area contributed by atoms with E-state index in [2.05, 4.69) is 18.4 Å². The van der Waals surface area contributed by atoms with Crippen molar-refractivity contribution in [1.29, 1.82) is 0 Å². The van der Waals surface area contributed by atoms with Crippen LogP contribution < -0.4 is 0 Å². The Labute approximate surface area is 171 Å². The van der Waals surface area contributed by atoms with Gasteiger partial charge in [0.15, 0.2) is 0 Å². The highest BCUT2D eigenvalue weighted by Crippen LogP contribution is 2.27. The zero-order valence-electron chi connectivity index (χ0n) is 15.8. The molecule has 2 aromatic carbocycles. The molecule has 0 spiro atoms. The van der Waals surface area contributed by atoms with Gasteiger partial charge in [-0.3, -0.25) is 9.69 Å². The van der Waals surface area contributed by atoms with Crippen LogP contribution in [-0.2, 0) is 22.4 Å². The molecule has 0 saturated heterocycles. The second kappa shape index (κ2) is 9.93. The average Bonchev–Trinajstić information content (AvgIpc) is 2.64. The Morgan fingerprint density at radius 2 is 1.85 bits per heavy atom. The second-order valence-electron chi connectivity index (χ2n) is 6.91. The molecular formula is C22H25Cl2NO2. The first-order valence-electron chi connectivity index (χ1n) is 8.79. The number of carbonyl (C=O) groups is 1. The maximum absolute atomic E-state index is 12.3. The van der Waals surface area contributed by atoms with Crippen LogP contribution in [0.15, 0.2) is 61.2 Å². The molecule has 5 heteroatoms. The summed E-state index contributed by atoms with van der Waals surface area (Å²) in [5, 5.41) is 1.04. The molecule has 0 bridgehead atoms. The molecule has 0 saturated carbocycles. The van der Waals surface area contributed by atoms with Crippen LogP contribution in [0.5, 0.6) is 0 Å². The summed E-state index contributed by atoms with van der Waals surface area (Å²) in [4.78, 5) is 14.4. The fourth-order valence-electron chi connectivity index (χ4n) is 2.85. The van der Waals surface area contributed by atoms with Gasteiger partial charge in [0.2, 0.25) is 0 Å². The summed E-state index contributed by atoms with van der Waals surface area (Å²) in [6, 6.07) is 15.2. The highest BCUT2D eigenvalue weighted by Gasteiger charge is 2.31. The van der Waals surface area contributed by atoms with Crippen molar-refractivity contribution in [2.75, 3.05) is 20.2 Å². The monoisotopic (exact) mass is 405 g/mol. The number of hydrogen-bond acceptors (Lipinski definition) is 3. The van der Waals surface area contributed by atoms with Gasteiger partial charge in [0.05, 0.1) is 22.0 Å². The molecule has 2 aromatic rings. The molecule has 3 nitrogen and oxygen atoms in total. The van der Waals surface area contributed by atoms with Crippen LogP contribution in [0.4, 0.5) is 0 Å². The lowest BCUT2D eigenvalue weighted by atomic mass is 9.92. The van der Waals surface area contributed by atoms with Crippen molar-refractivity contribution in [1.82, 2.24) is 4.90 Å². The van der Waals surface area contributed by atoms with E-state index in [4.69, 9.17) is 27.9 Å².